The van der Waals surface area contributed by atoms with Crippen LogP contribution in [0.1, 0.15) is 43.6 Å². The summed E-state index contributed by atoms with van der Waals surface area (Å²) in [6.45, 7) is 11.6. The van der Waals surface area contributed by atoms with Crippen LogP contribution in [0.5, 0.6) is 0 Å². The molecule has 0 heterocycles. The lowest BCUT2D eigenvalue weighted by molar-refractivity contribution is 0.0697. The molecule has 0 atom stereocenters. The molecule has 0 bridgehead atoms. The van der Waals surface area contributed by atoms with Gasteiger partial charge in [0.25, 0.3) is 0 Å². The molecule has 0 fully saturated rings. The summed E-state index contributed by atoms with van der Waals surface area (Å²) in [6.07, 6.45) is 0. The van der Waals surface area contributed by atoms with Gasteiger partial charge in [0.1, 0.15) is 0 Å². The number of hydrogen-bond donors (Lipinski definition) is 1. The average Bonchev–Trinajstić information content (AvgIpc) is 2.29. The van der Waals surface area contributed by atoms with Crippen LogP contribution < -0.4 is 0 Å². The van der Waals surface area contributed by atoms with E-state index in [4.69, 9.17) is 16.7 Å². The topological polar surface area (TPSA) is 40.5 Å². The Labute approximate surface area is 126 Å². The number of nitrogens with zero attached hydrogens (tertiary/aromatic N) is 1. The molecule has 20 heavy (non-hydrogen) atoms. The Hall–Kier alpha value is -1.06. The van der Waals surface area contributed by atoms with Gasteiger partial charge in [0.15, 0.2) is 0 Å². The molecule has 0 aliphatic carbocycles. The highest BCUT2D eigenvalue weighted by molar-refractivity contribution is 6.31. The van der Waals surface area contributed by atoms with Crippen molar-refractivity contribution in [1.29, 1.82) is 0 Å². The smallest absolute Gasteiger partial charge is 0.335 e. The monoisotopic (exact) mass is 297 g/mol. The maximum Gasteiger partial charge on any atom is 0.335 e. The lowest BCUT2D eigenvalue weighted by atomic mass is 10.1. The average molecular weight is 298 g/mol. The van der Waals surface area contributed by atoms with Gasteiger partial charge < -0.3 is 5.11 Å². The van der Waals surface area contributed by atoms with Crippen LogP contribution in [-0.2, 0) is 6.54 Å². The van der Waals surface area contributed by atoms with E-state index in [1.807, 2.05) is 6.07 Å². The molecule has 1 aromatic carbocycles. The zero-order chi connectivity index (χ0) is 15.3. The number of hydrogen-bond acceptors (Lipinski definition) is 2. The molecule has 0 spiro atoms. The largest absolute Gasteiger partial charge is 0.478 e. The molecule has 1 N–H and O–H groups in total. The summed E-state index contributed by atoms with van der Waals surface area (Å²) < 4.78 is 0. The van der Waals surface area contributed by atoms with Crippen LogP contribution >= 0.6 is 11.6 Å². The number of carboxylic acids is 1. The normalized spacial score (nSPS) is 11.6. The highest BCUT2D eigenvalue weighted by Crippen LogP contribution is 2.21. The Kier molecular flexibility index (Phi) is 6.50. The highest BCUT2D eigenvalue weighted by atomic mass is 35.5. The standard InChI is InChI=1S/C16H24ClNO2/c1-11(2)8-18(9-12(3)4)10-14-6-5-13(16(19)20)7-15(14)17/h5-7,11-12H,8-10H2,1-4H3,(H,19,20). The first-order valence-electron chi connectivity index (χ1n) is 7.03. The van der Waals surface area contributed by atoms with E-state index >= 15 is 0 Å². The summed E-state index contributed by atoms with van der Waals surface area (Å²) in [6, 6.07) is 4.97. The molecule has 112 valence electrons. The number of benzene rings is 1. The van der Waals surface area contributed by atoms with Crippen LogP contribution in [0.15, 0.2) is 18.2 Å². The SMILES string of the molecule is CC(C)CN(Cc1ccc(C(=O)O)cc1Cl)CC(C)C. The third-order valence-electron chi connectivity index (χ3n) is 2.94. The molecule has 0 aliphatic rings. The van der Waals surface area contributed by atoms with E-state index in [1.54, 1.807) is 6.07 Å². The van der Waals surface area contributed by atoms with Gasteiger partial charge in [-0.3, -0.25) is 4.90 Å². The summed E-state index contributed by atoms with van der Waals surface area (Å²) in [7, 11) is 0. The first-order valence-corrected chi connectivity index (χ1v) is 7.41. The molecule has 0 aliphatic heterocycles. The predicted octanol–water partition coefficient (Wildman–Crippen LogP) is 4.15. The van der Waals surface area contributed by atoms with Gasteiger partial charge in [-0.15, -0.1) is 0 Å². The number of rotatable bonds is 7. The Morgan fingerprint density at radius 2 is 1.75 bits per heavy atom. The molecule has 0 unspecified atom stereocenters. The minimum atomic E-state index is -0.945. The Morgan fingerprint density at radius 3 is 2.15 bits per heavy atom. The van der Waals surface area contributed by atoms with Gasteiger partial charge in [0.05, 0.1) is 5.56 Å². The summed E-state index contributed by atoms with van der Waals surface area (Å²) in [5.41, 5.74) is 1.22. The number of carbonyl (C=O) groups is 1. The fourth-order valence-electron chi connectivity index (χ4n) is 2.29. The van der Waals surface area contributed by atoms with Crippen LogP contribution in [-0.4, -0.2) is 29.1 Å². The van der Waals surface area contributed by atoms with E-state index in [2.05, 4.69) is 32.6 Å². The fourth-order valence-corrected chi connectivity index (χ4v) is 2.53. The van der Waals surface area contributed by atoms with Crippen molar-refractivity contribution < 1.29 is 9.90 Å². The second kappa shape index (κ2) is 7.65. The quantitative estimate of drug-likeness (QED) is 0.822. The Bertz CT molecular complexity index is 448. The van der Waals surface area contributed by atoms with E-state index < -0.39 is 5.97 Å². The zero-order valence-corrected chi connectivity index (χ0v) is 13.4. The molecule has 0 saturated heterocycles. The third-order valence-corrected chi connectivity index (χ3v) is 3.29. The summed E-state index contributed by atoms with van der Waals surface area (Å²) in [4.78, 5) is 13.3. The minimum absolute atomic E-state index is 0.234. The lowest BCUT2D eigenvalue weighted by Gasteiger charge is -2.26. The third kappa shape index (κ3) is 5.51. The Balaban J connectivity index is 2.84. The van der Waals surface area contributed by atoms with E-state index in [1.165, 1.54) is 6.07 Å². The van der Waals surface area contributed by atoms with Gasteiger partial charge >= 0.3 is 5.97 Å². The molecule has 4 heteroatoms. The van der Waals surface area contributed by atoms with Crippen molar-refractivity contribution in [2.24, 2.45) is 11.8 Å². The van der Waals surface area contributed by atoms with Crippen LogP contribution in [0, 0.1) is 11.8 Å². The van der Waals surface area contributed by atoms with Crippen molar-refractivity contribution in [3.05, 3.63) is 34.3 Å². The maximum atomic E-state index is 10.9. The van der Waals surface area contributed by atoms with Gasteiger partial charge in [-0.1, -0.05) is 45.4 Å². The summed E-state index contributed by atoms with van der Waals surface area (Å²) in [5, 5.41) is 9.48. The fraction of sp³-hybridized carbons (Fsp3) is 0.562. The number of carboxylic acid groups (broad SMARTS) is 1. The lowest BCUT2D eigenvalue weighted by Crippen LogP contribution is -2.31. The van der Waals surface area contributed by atoms with Crippen molar-refractivity contribution in [1.82, 2.24) is 4.90 Å². The molecule has 0 amide bonds. The molecular formula is C16H24ClNO2. The Morgan fingerprint density at radius 1 is 1.20 bits per heavy atom. The summed E-state index contributed by atoms with van der Waals surface area (Å²) in [5.74, 6) is 0.233. The maximum absolute atomic E-state index is 10.9. The van der Waals surface area contributed by atoms with Gasteiger partial charge in [-0.2, -0.15) is 0 Å². The van der Waals surface area contributed by atoms with Crippen molar-refractivity contribution in [2.45, 2.75) is 34.2 Å². The first kappa shape index (κ1) is 17.0. The second-order valence-corrected chi connectivity index (χ2v) is 6.50. The molecule has 3 nitrogen and oxygen atoms in total. The van der Waals surface area contributed by atoms with Crippen LogP contribution in [0.4, 0.5) is 0 Å². The first-order chi connectivity index (χ1) is 9.29. The molecule has 1 rings (SSSR count). The van der Waals surface area contributed by atoms with Crippen LogP contribution in [0.25, 0.3) is 0 Å². The van der Waals surface area contributed by atoms with E-state index in [-0.39, 0.29) is 5.56 Å². The molecule has 0 saturated carbocycles. The molecule has 0 aromatic heterocycles. The van der Waals surface area contributed by atoms with E-state index in [0.717, 1.165) is 25.2 Å². The van der Waals surface area contributed by atoms with Gasteiger partial charge in [-0.25, -0.2) is 4.79 Å². The van der Waals surface area contributed by atoms with E-state index in [9.17, 15) is 4.79 Å². The van der Waals surface area contributed by atoms with Gasteiger partial charge in [0, 0.05) is 24.7 Å². The summed E-state index contributed by atoms with van der Waals surface area (Å²) >= 11 is 6.20. The molecule has 1 aromatic rings. The highest BCUT2D eigenvalue weighted by Gasteiger charge is 2.13. The molecule has 0 radical (unpaired) electrons. The second-order valence-electron chi connectivity index (χ2n) is 6.09. The van der Waals surface area contributed by atoms with Crippen LogP contribution in [0.2, 0.25) is 5.02 Å². The van der Waals surface area contributed by atoms with E-state index in [0.29, 0.717) is 16.9 Å². The van der Waals surface area contributed by atoms with Gasteiger partial charge in [0.2, 0.25) is 0 Å². The van der Waals surface area contributed by atoms with Crippen molar-refractivity contribution in [3.63, 3.8) is 0 Å². The number of halogens is 1. The van der Waals surface area contributed by atoms with Crippen molar-refractivity contribution in [3.8, 4) is 0 Å². The van der Waals surface area contributed by atoms with Gasteiger partial charge in [-0.05, 0) is 29.5 Å². The number of aromatic carboxylic acids is 1. The van der Waals surface area contributed by atoms with Crippen LogP contribution in [0.3, 0.4) is 0 Å². The minimum Gasteiger partial charge on any atom is -0.478 e. The van der Waals surface area contributed by atoms with Crippen molar-refractivity contribution in [2.75, 3.05) is 13.1 Å². The zero-order valence-electron chi connectivity index (χ0n) is 12.7. The van der Waals surface area contributed by atoms with Crippen molar-refractivity contribution >= 4 is 17.6 Å². The molecular weight excluding hydrogens is 274 g/mol. The predicted molar refractivity (Wildman–Crippen MR) is 83.4 cm³/mol.